The van der Waals surface area contributed by atoms with Crippen molar-refractivity contribution < 1.29 is 60.2 Å². The van der Waals surface area contributed by atoms with Gasteiger partial charge in [-0.2, -0.15) is 0 Å². The highest BCUT2D eigenvalue weighted by molar-refractivity contribution is 6.32. The molecule has 90 heavy (non-hydrogen) atoms. The van der Waals surface area contributed by atoms with E-state index in [1.807, 2.05) is 14.1 Å². The van der Waals surface area contributed by atoms with Gasteiger partial charge < -0.3 is 31.3 Å². The van der Waals surface area contributed by atoms with Crippen molar-refractivity contribution in [1.29, 1.82) is 0 Å². The molecule has 4 aromatic carbocycles. The van der Waals surface area contributed by atoms with Crippen LogP contribution in [-0.2, 0) is 39.6 Å². The number of anilines is 2. The minimum Gasteiger partial charge on any atom is -0.481 e. The fourth-order valence-electron chi connectivity index (χ4n) is 18.1. The van der Waals surface area contributed by atoms with Crippen molar-refractivity contribution in [3.63, 3.8) is 0 Å². The summed E-state index contributed by atoms with van der Waals surface area (Å²) in [5.41, 5.74) is 0.204. The number of benzene rings is 4. The van der Waals surface area contributed by atoms with Crippen molar-refractivity contribution in [2.75, 3.05) is 65.5 Å². The molecule has 2 heterocycles. The standard InChI is InChI=1S/C34H37Cl2F3N2O3.C24H20Cl2F3NO3.C9H18N2O.ClH/c1-41(2)30(43)20-8-6-19(7-9-20)12-27(42)23-14-33(15-32(16-33,17-37)18-38)34(28(23)22-4-3-5-25(36)29(22)39)24-11-10-21(35)13-26(24)40-31(34)44;25-12-4-5-15-17(6-12)30-21(33)24(15)18(13-2-1-3-16(26)19(13)29)14(20(31)32)7-23(24)8-22(9-23,10-27)11-28;1-11(2)9(12)7-3-5-8(10)6-4-7;/h3-5,10-11,13,19-20,23,28H,6-9,12,14-18H2,1-2H3,(H,40,44);1-6,14,18H,7-11H2,(H,30,33)(H,31,32);7-8H,3-6,10H2,1-2H3;1H/t19?,20?,23-,28-,34+;14-,18+,24-;;/m01../s1. The van der Waals surface area contributed by atoms with Crippen LogP contribution in [0.25, 0.3) is 0 Å². The van der Waals surface area contributed by atoms with Crippen molar-refractivity contribution in [3.05, 3.63) is 127 Å². The number of hydrogen-bond donors (Lipinski definition) is 4. The molecule has 8 aliphatic rings. The monoisotopic (exact) mass is 1350 g/mol. The molecule has 0 unspecified atom stereocenters. The van der Waals surface area contributed by atoms with Gasteiger partial charge in [0.1, 0.15) is 17.4 Å². The highest BCUT2D eigenvalue weighted by atomic mass is 35.5. The minimum atomic E-state index is -1.55. The van der Waals surface area contributed by atoms with E-state index in [4.69, 9.17) is 52.1 Å². The predicted octanol–water partition coefficient (Wildman–Crippen LogP) is 14.6. The number of halogens is 11. The zero-order valence-electron chi connectivity index (χ0n) is 50.5. The molecule has 0 bridgehead atoms. The Morgan fingerprint density at radius 1 is 0.578 bits per heavy atom. The highest BCUT2D eigenvalue weighted by Crippen LogP contribution is 2.79. The van der Waals surface area contributed by atoms with Crippen molar-refractivity contribution in [2.45, 2.75) is 125 Å². The summed E-state index contributed by atoms with van der Waals surface area (Å²) in [7, 11) is 7.11. The third kappa shape index (κ3) is 11.4. The van der Waals surface area contributed by atoms with Crippen LogP contribution in [0.15, 0.2) is 72.8 Å². The summed E-state index contributed by atoms with van der Waals surface area (Å²) in [6.07, 6.45) is 7.23. The molecule has 6 aliphatic carbocycles. The molecule has 2 aliphatic heterocycles. The summed E-state index contributed by atoms with van der Waals surface area (Å²) < 4.78 is 87.9. The van der Waals surface area contributed by atoms with Crippen molar-refractivity contribution >= 4 is 106 Å². The van der Waals surface area contributed by atoms with Crippen LogP contribution >= 0.6 is 58.8 Å². The van der Waals surface area contributed by atoms with Crippen molar-refractivity contribution in [1.82, 2.24) is 9.80 Å². The van der Waals surface area contributed by atoms with Crippen LogP contribution in [0.2, 0.25) is 20.1 Å². The van der Waals surface area contributed by atoms with E-state index >= 15 is 8.78 Å². The molecule has 0 aromatic heterocycles. The number of nitrogens with two attached hydrogens (primary N) is 1. The molecular weight excluding hydrogens is 1280 g/mol. The first-order chi connectivity index (χ1) is 42.2. The summed E-state index contributed by atoms with van der Waals surface area (Å²) in [6, 6.07) is 19.0. The van der Waals surface area contributed by atoms with Crippen LogP contribution in [0.5, 0.6) is 0 Å². The Morgan fingerprint density at radius 2 is 0.956 bits per heavy atom. The Labute approximate surface area is 546 Å². The normalized spacial score (nSPS) is 29.0. The van der Waals surface area contributed by atoms with Crippen LogP contribution < -0.4 is 16.4 Å². The van der Waals surface area contributed by atoms with Gasteiger partial charge in [-0.05, 0) is 165 Å². The van der Waals surface area contributed by atoms with E-state index in [1.54, 1.807) is 72.4 Å². The maximum absolute atomic E-state index is 16.0. The van der Waals surface area contributed by atoms with Crippen LogP contribution in [0.1, 0.15) is 130 Å². The van der Waals surface area contributed by atoms with Gasteiger partial charge in [-0.1, -0.05) is 82.8 Å². The van der Waals surface area contributed by atoms with Crippen LogP contribution in [0, 0.1) is 62.9 Å². The lowest BCUT2D eigenvalue weighted by Crippen LogP contribution is -2.61. The number of rotatable bonds is 12. The van der Waals surface area contributed by atoms with E-state index in [2.05, 4.69) is 10.6 Å². The quantitative estimate of drug-likeness (QED) is 0.101. The number of nitrogens with one attached hydrogen (secondary N) is 2. The molecule has 488 valence electrons. The molecule has 6 atom stereocenters. The molecule has 0 radical (unpaired) electrons. The molecule has 12 nitrogen and oxygen atoms in total. The maximum atomic E-state index is 16.0. The largest absolute Gasteiger partial charge is 0.481 e. The molecule has 0 saturated heterocycles. The van der Waals surface area contributed by atoms with Gasteiger partial charge >= 0.3 is 5.97 Å². The van der Waals surface area contributed by atoms with Gasteiger partial charge in [-0.15, -0.1) is 12.4 Å². The number of amides is 4. The molecule has 12 rings (SSSR count). The second-order valence-electron chi connectivity index (χ2n) is 27.4. The van der Waals surface area contributed by atoms with Crippen LogP contribution in [0.4, 0.5) is 37.7 Å². The molecule has 23 heteroatoms. The molecule has 5 N–H and O–H groups in total. The molecule has 4 amide bonds. The van der Waals surface area contributed by atoms with Gasteiger partial charge in [-0.3, -0.25) is 46.3 Å². The molecular formula is C67H76Cl5F6N5O7. The lowest BCUT2D eigenvalue weighted by molar-refractivity contribution is -0.145. The Kier molecular flexibility index (Phi) is 20.3. The summed E-state index contributed by atoms with van der Waals surface area (Å²) in [4.78, 5) is 82.4. The van der Waals surface area contributed by atoms with E-state index in [0.717, 1.165) is 25.7 Å². The first-order valence-corrected chi connectivity index (χ1v) is 32.0. The van der Waals surface area contributed by atoms with E-state index in [-0.39, 0.29) is 114 Å². The van der Waals surface area contributed by atoms with Gasteiger partial charge in [0, 0.05) is 102 Å². The predicted molar refractivity (Wildman–Crippen MR) is 337 cm³/mol. The molecule has 6 saturated carbocycles. The Balaban J connectivity index is 0.000000183. The molecule has 4 spiro atoms. The molecule has 4 aromatic rings. The maximum Gasteiger partial charge on any atom is 0.307 e. The van der Waals surface area contributed by atoms with E-state index in [0.29, 0.717) is 64.3 Å². The van der Waals surface area contributed by atoms with Gasteiger partial charge in [0.2, 0.25) is 23.6 Å². The number of fused-ring (bicyclic) bond motifs is 6. The van der Waals surface area contributed by atoms with Crippen LogP contribution in [-0.4, -0.2) is 111 Å². The second-order valence-corrected chi connectivity index (χ2v) is 29.1. The number of nitrogens with zero attached hydrogens (tertiary/aromatic N) is 2. The average molecular weight is 1350 g/mol. The van der Waals surface area contributed by atoms with Gasteiger partial charge in [0.25, 0.3) is 0 Å². The number of carboxylic acid groups (broad SMARTS) is 1. The van der Waals surface area contributed by atoms with Gasteiger partial charge in [0.05, 0.1) is 53.5 Å². The van der Waals surface area contributed by atoms with E-state index < -0.39 is 112 Å². The third-order valence-electron chi connectivity index (χ3n) is 21.7. The van der Waals surface area contributed by atoms with E-state index in [1.165, 1.54) is 24.3 Å². The number of hydrogen-bond acceptors (Lipinski definition) is 7. The number of aliphatic carboxylic acids is 1. The number of carbonyl (C=O) groups excluding carboxylic acids is 5. The minimum absolute atomic E-state index is 0. The zero-order chi connectivity index (χ0) is 64.5. The summed E-state index contributed by atoms with van der Waals surface area (Å²) in [5, 5.41) is 16.3. The Bertz CT molecular complexity index is 3430. The highest BCUT2D eigenvalue weighted by Gasteiger charge is 2.79. The van der Waals surface area contributed by atoms with E-state index in [9.17, 15) is 51.4 Å². The lowest BCUT2D eigenvalue weighted by Gasteiger charge is -2.59. The first-order valence-electron chi connectivity index (χ1n) is 30.5. The van der Waals surface area contributed by atoms with Crippen molar-refractivity contribution in [3.8, 4) is 0 Å². The Morgan fingerprint density at radius 3 is 1.33 bits per heavy atom. The average Bonchev–Trinajstić information content (AvgIpc) is 1.48. The van der Waals surface area contributed by atoms with Gasteiger partial charge in [-0.25, -0.2) is 8.78 Å². The third-order valence-corrected chi connectivity index (χ3v) is 22.8. The SMILES string of the molecule is CN(C)C(=O)C1CCC(CC(=O)[C@@H]2CC3(CC(CF)(CF)C3)[C@@]3(C(=O)Nc4cc(Cl)ccc43)[C@H]2c2cccc(Cl)c2F)CC1.CN(C)C(=O)C1CCC(N)CC1.Cl.O=C(O)[C@@H]1CC2(CC(CF)(CF)C2)[C@@]2(C(=O)Nc3cc(Cl)ccc32)[C@H]1c1cccc(Cl)c1F. The zero-order valence-corrected chi connectivity index (χ0v) is 54.4. The number of carboxylic acids is 1. The fourth-order valence-corrected chi connectivity index (χ4v) is 18.8. The first kappa shape index (κ1) is 69.2. The topological polar surface area (TPSA) is 179 Å². The Hall–Kier alpha value is -5.11. The van der Waals surface area contributed by atoms with Crippen molar-refractivity contribution in [2.24, 2.45) is 57.0 Å². The van der Waals surface area contributed by atoms with Crippen LogP contribution in [0.3, 0.4) is 0 Å². The lowest BCUT2D eigenvalue weighted by atomic mass is 9.43. The number of carbonyl (C=O) groups is 6. The summed E-state index contributed by atoms with van der Waals surface area (Å²) in [5.74, 6) is -7.19. The summed E-state index contributed by atoms with van der Waals surface area (Å²) >= 11 is 24.8. The smallest absolute Gasteiger partial charge is 0.307 e. The second kappa shape index (κ2) is 26.4. The van der Waals surface area contributed by atoms with Gasteiger partial charge in [0.15, 0.2) is 0 Å². The number of ketones is 1. The fraction of sp³-hybridized carbons (Fsp3) is 0.552. The molecule has 6 fully saturated rings. The number of Topliss-reactive ketones (excluding diaryl/α,β-unsaturated/α-hetero) is 1. The summed E-state index contributed by atoms with van der Waals surface area (Å²) in [6.45, 7) is -3.63. The number of alkyl halides is 4.